The van der Waals surface area contributed by atoms with Gasteiger partial charge in [0.15, 0.2) is 0 Å². The number of amides is 1. The second-order valence-electron chi connectivity index (χ2n) is 11.2. The van der Waals surface area contributed by atoms with Crippen molar-refractivity contribution in [2.24, 2.45) is 34.8 Å². The van der Waals surface area contributed by atoms with Gasteiger partial charge in [-0.3, -0.25) is 4.79 Å². The minimum Gasteiger partial charge on any atom is -0.369 e. The number of hydrogen-bond donors (Lipinski definition) is 3. The lowest BCUT2D eigenvalue weighted by molar-refractivity contribution is -0.122. The highest BCUT2D eigenvalue weighted by molar-refractivity contribution is 7.16. The van der Waals surface area contributed by atoms with Gasteiger partial charge < -0.3 is 21.3 Å². The number of hydrogen-bond acceptors (Lipinski definition) is 9. The van der Waals surface area contributed by atoms with Crippen LogP contribution in [0.4, 0.5) is 23.5 Å². The van der Waals surface area contributed by atoms with Crippen molar-refractivity contribution in [1.29, 1.82) is 0 Å². The first-order valence-corrected chi connectivity index (χ1v) is 13.9. The van der Waals surface area contributed by atoms with Gasteiger partial charge in [-0.1, -0.05) is 13.8 Å². The molecule has 190 valence electrons. The Morgan fingerprint density at radius 1 is 1.14 bits per heavy atom. The summed E-state index contributed by atoms with van der Waals surface area (Å²) in [4.78, 5) is 32.4. The second-order valence-corrected chi connectivity index (χ2v) is 12.1. The van der Waals surface area contributed by atoms with Gasteiger partial charge in [-0.2, -0.15) is 15.0 Å². The summed E-state index contributed by atoms with van der Waals surface area (Å²) in [5, 5.41) is 6.93. The third kappa shape index (κ3) is 4.36. The lowest BCUT2D eigenvalue weighted by Gasteiger charge is -2.60. The zero-order valence-electron chi connectivity index (χ0n) is 20.9. The SMILES string of the molecule is CC1(C)C2CCC(CNc3nc(Nc4ccc5ncsc5c4)nc(N4CCC(C(N)=O)CC4)n3)C1C2. The van der Waals surface area contributed by atoms with Gasteiger partial charge in [-0.05, 0) is 73.5 Å². The van der Waals surface area contributed by atoms with E-state index in [1.54, 1.807) is 11.3 Å². The number of anilines is 4. The van der Waals surface area contributed by atoms with Gasteiger partial charge in [0.05, 0.1) is 15.7 Å². The Balaban J connectivity index is 1.23. The number of fused-ring (bicyclic) bond motifs is 3. The molecule has 3 aliphatic carbocycles. The van der Waals surface area contributed by atoms with Crippen LogP contribution in [-0.2, 0) is 4.79 Å². The number of nitrogens with one attached hydrogen (secondary N) is 2. The number of rotatable bonds is 7. The van der Waals surface area contributed by atoms with Gasteiger partial charge in [0, 0.05) is 31.2 Å². The van der Waals surface area contributed by atoms with Crippen molar-refractivity contribution in [3.8, 4) is 0 Å². The Hall–Kier alpha value is -3.01. The standard InChI is InChI=1S/C26H34N8OS/c1-26(2)17-4-3-16(19(26)11-17)13-28-23-31-24(30-18-5-6-20-21(12-18)36-14-29-20)33-25(32-23)34-9-7-15(8-10-34)22(27)35/h5-6,12,14-17,19H,3-4,7-11,13H2,1-2H3,(H2,27,35)(H2,28,30,31,32,33). The average Bonchev–Trinajstić information content (AvgIpc) is 3.35. The molecule has 7 rings (SSSR count). The normalized spacial score (nSPS) is 25.4. The zero-order valence-corrected chi connectivity index (χ0v) is 21.7. The van der Waals surface area contributed by atoms with Crippen LogP contribution in [0.25, 0.3) is 10.2 Å². The number of carbonyl (C=O) groups excluding carboxylic acids is 1. The summed E-state index contributed by atoms with van der Waals surface area (Å²) in [5.41, 5.74) is 9.73. The number of aromatic nitrogens is 4. The maximum atomic E-state index is 11.6. The molecule has 4 aliphatic rings. The van der Waals surface area contributed by atoms with Crippen molar-refractivity contribution in [3.05, 3.63) is 23.7 Å². The molecular weight excluding hydrogens is 472 g/mol. The molecule has 3 heterocycles. The molecule has 3 aromatic rings. The van der Waals surface area contributed by atoms with Crippen LogP contribution in [0.2, 0.25) is 0 Å². The van der Waals surface area contributed by atoms with Gasteiger partial charge in [0.25, 0.3) is 0 Å². The fraction of sp³-hybridized carbons (Fsp3) is 0.577. The highest BCUT2D eigenvalue weighted by atomic mass is 32.1. The molecular formula is C26H34N8OS. The van der Waals surface area contributed by atoms with Gasteiger partial charge in [0.2, 0.25) is 23.8 Å². The van der Waals surface area contributed by atoms with E-state index in [2.05, 4.69) is 40.4 Å². The van der Waals surface area contributed by atoms with Crippen molar-refractivity contribution < 1.29 is 4.79 Å². The molecule has 0 spiro atoms. The first kappa shape index (κ1) is 23.4. The predicted molar refractivity (Wildman–Crippen MR) is 143 cm³/mol. The topological polar surface area (TPSA) is 122 Å². The van der Waals surface area contributed by atoms with Crippen LogP contribution in [0.3, 0.4) is 0 Å². The summed E-state index contributed by atoms with van der Waals surface area (Å²) in [6.45, 7) is 7.13. The van der Waals surface area contributed by atoms with E-state index in [9.17, 15) is 4.79 Å². The number of carbonyl (C=O) groups is 1. The number of benzene rings is 1. The third-order valence-electron chi connectivity index (χ3n) is 8.91. The van der Waals surface area contributed by atoms with Crippen LogP contribution in [-0.4, -0.2) is 45.5 Å². The fourth-order valence-corrected chi connectivity index (χ4v) is 7.21. The van der Waals surface area contributed by atoms with Crippen molar-refractivity contribution in [2.75, 3.05) is 35.2 Å². The summed E-state index contributed by atoms with van der Waals surface area (Å²) in [6.07, 6.45) is 5.37. The Morgan fingerprint density at radius 2 is 1.94 bits per heavy atom. The van der Waals surface area contributed by atoms with Crippen LogP contribution < -0.4 is 21.3 Å². The van der Waals surface area contributed by atoms with Crippen molar-refractivity contribution in [1.82, 2.24) is 19.9 Å². The highest BCUT2D eigenvalue weighted by Crippen LogP contribution is 2.61. The summed E-state index contributed by atoms with van der Waals surface area (Å²) in [5.74, 6) is 3.73. The molecule has 36 heavy (non-hydrogen) atoms. The van der Waals surface area contributed by atoms with Gasteiger partial charge in [-0.25, -0.2) is 4.98 Å². The van der Waals surface area contributed by atoms with Gasteiger partial charge >= 0.3 is 0 Å². The summed E-state index contributed by atoms with van der Waals surface area (Å²) >= 11 is 1.61. The highest BCUT2D eigenvalue weighted by Gasteiger charge is 2.53. The van der Waals surface area contributed by atoms with E-state index in [4.69, 9.17) is 20.7 Å². The van der Waals surface area contributed by atoms with E-state index in [0.717, 1.165) is 34.3 Å². The van der Waals surface area contributed by atoms with E-state index >= 15 is 0 Å². The first-order chi connectivity index (χ1) is 17.4. The first-order valence-electron chi connectivity index (χ1n) is 13.0. The number of nitrogens with zero attached hydrogens (tertiary/aromatic N) is 5. The van der Waals surface area contributed by atoms with Crippen LogP contribution in [0, 0.1) is 29.1 Å². The lowest BCUT2D eigenvalue weighted by Crippen LogP contribution is -2.53. The molecule has 0 radical (unpaired) electrons. The van der Waals surface area contributed by atoms with E-state index in [0.29, 0.717) is 55.1 Å². The van der Waals surface area contributed by atoms with E-state index in [1.165, 1.54) is 19.3 Å². The van der Waals surface area contributed by atoms with Crippen molar-refractivity contribution >= 4 is 51.0 Å². The quantitative estimate of drug-likeness (QED) is 0.431. The van der Waals surface area contributed by atoms with Crippen molar-refractivity contribution in [2.45, 2.75) is 46.0 Å². The van der Waals surface area contributed by atoms with E-state index < -0.39 is 0 Å². The number of nitrogens with two attached hydrogens (primary N) is 1. The van der Waals surface area contributed by atoms with Gasteiger partial charge in [-0.15, -0.1) is 11.3 Å². The molecule has 3 atom stereocenters. The van der Waals surface area contributed by atoms with Crippen molar-refractivity contribution in [3.63, 3.8) is 0 Å². The number of thiazole rings is 1. The molecule has 1 saturated heterocycles. The lowest BCUT2D eigenvalue weighted by atomic mass is 9.45. The molecule has 9 nitrogen and oxygen atoms in total. The van der Waals surface area contributed by atoms with E-state index in [-0.39, 0.29) is 11.8 Å². The van der Waals surface area contributed by atoms with Crippen LogP contribution in [0.5, 0.6) is 0 Å². The van der Waals surface area contributed by atoms with E-state index in [1.807, 2.05) is 17.6 Å². The minimum absolute atomic E-state index is 0.0784. The molecule has 4 N–H and O–H groups in total. The second kappa shape index (κ2) is 9.14. The third-order valence-corrected chi connectivity index (χ3v) is 9.71. The molecule has 2 bridgehead atoms. The molecule has 3 saturated carbocycles. The molecule has 1 aromatic carbocycles. The summed E-state index contributed by atoms with van der Waals surface area (Å²) < 4.78 is 1.11. The minimum atomic E-state index is -0.220. The predicted octanol–water partition coefficient (Wildman–Crippen LogP) is 4.41. The smallest absolute Gasteiger partial charge is 0.233 e. The van der Waals surface area contributed by atoms with Crippen LogP contribution in [0.1, 0.15) is 46.0 Å². The fourth-order valence-electron chi connectivity index (χ4n) is 6.50. The van der Waals surface area contributed by atoms with Gasteiger partial charge in [0.1, 0.15) is 0 Å². The summed E-state index contributed by atoms with van der Waals surface area (Å²) in [6, 6.07) is 6.06. The molecule has 1 aliphatic heterocycles. The summed E-state index contributed by atoms with van der Waals surface area (Å²) in [7, 11) is 0. The molecule has 10 heteroatoms. The van der Waals surface area contributed by atoms with Crippen LogP contribution >= 0.6 is 11.3 Å². The zero-order chi connectivity index (χ0) is 24.9. The largest absolute Gasteiger partial charge is 0.369 e. The molecule has 2 aromatic heterocycles. The number of piperidine rings is 1. The molecule has 4 fully saturated rings. The maximum absolute atomic E-state index is 11.6. The maximum Gasteiger partial charge on any atom is 0.233 e. The number of primary amides is 1. The Labute approximate surface area is 215 Å². The molecule has 1 amide bonds. The molecule has 3 unspecified atom stereocenters. The monoisotopic (exact) mass is 506 g/mol. The Morgan fingerprint density at radius 3 is 2.69 bits per heavy atom. The Bertz CT molecular complexity index is 1270. The van der Waals surface area contributed by atoms with Crippen LogP contribution in [0.15, 0.2) is 23.7 Å². The average molecular weight is 507 g/mol. The Kier molecular flexibility index (Phi) is 5.94.